The van der Waals surface area contributed by atoms with E-state index in [0.717, 1.165) is 42.6 Å². The van der Waals surface area contributed by atoms with Crippen LogP contribution in [0.15, 0.2) is 30.3 Å². The van der Waals surface area contributed by atoms with Crippen molar-refractivity contribution in [2.24, 2.45) is 5.92 Å². The summed E-state index contributed by atoms with van der Waals surface area (Å²) >= 11 is 1.50. The monoisotopic (exact) mass is 427 g/mol. The molecule has 1 atom stereocenters. The normalized spacial score (nSPS) is 15.6. The molecule has 1 amide bonds. The van der Waals surface area contributed by atoms with Crippen LogP contribution >= 0.6 is 11.3 Å². The largest absolute Gasteiger partial charge is 0.494 e. The fraction of sp³-hybridized carbons (Fsp3) is 0.417. The van der Waals surface area contributed by atoms with Crippen LogP contribution in [-0.4, -0.2) is 25.1 Å². The van der Waals surface area contributed by atoms with Crippen molar-refractivity contribution in [3.8, 4) is 5.75 Å². The Morgan fingerprint density at radius 2 is 2.00 bits per heavy atom. The minimum absolute atomic E-state index is 0.265. The van der Waals surface area contributed by atoms with Gasteiger partial charge in [-0.1, -0.05) is 26.0 Å². The second-order valence-corrected chi connectivity index (χ2v) is 8.62. The highest BCUT2D eigenvalue weighted by molar-refractivity contribution is 7.17. The molecule has 0 fully saturated rings. The lowest BCUT2D eigenvalue weighted by atomic mass is 9.88. The van der Waals surface area contributed by atoms with Crippen LogP contribution in [0.5, 0.6) is 5.75 Å². The Balaban J connectivity index is 1.72. The topological polar surface area (TPSA) is 64.6 Å². The average Bonchev–Trinajstić information content (AvgIpc) is 3.08. The first kappa shape index (κ1) is 22.1. The van der Waals surface area contributed by atoms with Gasteiger partial charge < -0.3 is 14.8 Å². The average molecular weight is 428 g/mol. The van der Waals surface area contributed by atoms with Crippen LogP contribution in [0.4, 0.5) is 5.00 Å². The van der Waals surface area contributed by atoms with Crippen LogP contribution in [0.1, 0.15) is 60.0 Å². The number of anilines is 1. The zero-order chi connectivity index (χ0) is 21.5. The molecule has 1 N–H and O–H groups in total. The molecule has 0 saturated heterocycles. The number of thiophene rings is 1. The summed E-state index contributed by atoms with van der Waals surface area (Å²) in [6.07, 6.45) is 7.02. The number of fused-ring (bicyclic) bond motifs is 1. The molecule has 30 heavy (non-hydrogen) atoms. The third-order valence-corrected chi connectivity index (χ3v) is 6.18. The molecule has 1 aromatic heterocycles. The fourth-order valence-corrected chi connectivity index (χ4v) is 4.88. The Morgan fingerprint density at radius 1 is 1.23 bits per heavy atom. The first-order valence-corrected chi connectivity index (χ1v) is 11.4. The molecule has 6 heteroatoms. The van der Waals surface area contributed by atoms with Gasteiger partial charge in [-0.05, 0) is 67.9 Å². The summed E-state index contributed by atoms with van der Waals surface area (Å²) < 4.78 is 10.8. The minimum Gasteiger partial charge on any atom is -0.494 e. The van der Waals surface area contributed by atoms with E-state index in [0.29, 0.717) is 29.7 Å². The van der Waals surface area contributed by atoms with Crippen molar-refractivity contribution in [1.29, 1.82) is 0 Å². The molecule has 3 rings (SSSR count). The van der Waals surface area contributed by atoms with E-state index in [1.165, 1.54) is 22.3 Å². The highest BCUT2D eigenvalue weighted by Crippen LogP contribution is 2.40. The van der Waals surface area contributed by atoms with Gasteiger partial charge >= 0.3 is 5.97 Å². The number of amides is 1. The second-order valence-electron chi connectivity index (χ2n) is 7.52. The van der Waals surface area contributed by atoms with Crippen LogP contribution in [0.3, 0.4) is 0 Å². The predicted octanol–water partition coefficient (Wildman–Crippen LogP) is 5.49. The Bertz CT molecular complexity index is 914. The summed E-state index contributed by atoms with van der Waals surface area (Å²) in [7, 11) is 0. The third-order valence-electron chi connectivity index (χ3n) is 5.01. The van der Waals surface area contributed by atoms with E-state index in [1.54, 1.807) is 13.0 Å². The summed E-state index contributed by atoms with van der Waals surface area (Å²) in [6, 6.07) is 7.59. The molecular formula is C24H29NO4S. The van der Waals surface area contributed by atoms with Crippen molar-refractivity contribution in [2.45, 2.75) is 46.5 Å². The molecule has 0 radical (unpaired) electrons. The number of benzene rings is 1. The zero-order valence-corrected chi connectivity index (χ0v) is 18.6. The molecule has 1 heterocycles. The maximum Gasteiger partial charge on any atom is 0.341 e. The fourth-order valence-electron chi connectivity index (χ4n) is 3.48. The SMILES string of the molecule is CCCOc1ccc(/C=C/C(=O)Nc2sc3c(c2C(=O)OCC)CCC(C)C3)cc1. The maximum atomic E-state index is 12.6. The molecule has 1 aliphatic carbocycles. The number of hydrogen-bond donors (Lipinski definition) is 1. The Labute approximate surface area is 182 Å². The van der Waals surface area contributed by atoms with Gasteiger partial charge in [0.25, 0.3) is 0 Å². The highest BCUT2D eigenvalue weighted by Gasteiger charge is 2.28. The Morgan fingerprint density at radius 3 is 2.70 bits per heavy atom. The van der Waals surface area contributed by atoms with Crippen molar-refractivity contribution in [3.05, 3.63) is 51.9 Å². The van der Waals surface area contributed by atoms with Gasteiger partial charge in [-0.2, -0.15) is 0 Å². The second kappa shape index (κ2) is 10.4. The van der Waals surface area contributed by atoms with E-state index in [2.05, 4.69) is 19.2 Å². The van der Waals surface area contributed by atoms with Crippen LogP contribution in [0, 0.1) is 5.92 Å². The van der Waals surface area contributed by atoms with E-state index in [4.69, 9.17) is 9.47 Å². The van der Waals surface area contributed by atoms with Crippen LogP contribution in [0.2, 0.25) is 0 Å². The first-order valence-electron chi connectivity index (χ1n) is 10.5. The molecule has 2 aromatic rings. The first-order chi connectivity index (χ1) is 14.5. The van der Waals surface area contributed by atoms with Crippen molar-refractivity contribution in [3.63, 3.8) is 0 Å². The number of carbonyl (C=O) groups excluding carboxylic acids is 2. The number of ether oxygens (including phenoxy) is 2. The molecule has 1 aromatic carbocycles. The minimum atomic E-state index is -0.355. The van der Waals surface area contributed by atoms with Crippen LogP contribution in [0.25, 0.3) is 6.08 Å². The standard InChI is InChI=1S/C24H29NO4S/c1-4-14-29-18-10-7-17(8-11-18)9-13-21(26)25-23-22(24(27)28-5-2)19-12-6-16(3)15-20(19)30-23/h7-11,13,16H,4-6,12,14-15H2,1-3H3,(H,25,26)/b13-9+. The number of esters is 1. The maximum absolute atomic E-state index is 12.6. The van der Waals surface area contributed by atoms with E-state index in [-0.39, 0.29) is 11.9 Å². The smallest absolute Gasteiger partial charge is 0.341 e. The molecule has 0 saturated carbocycles. The summed E-state index contributed by atoms with van der Waals surface area (Å²) in [6.45, 7) is 7.06. The molecule has 1 aliphatic rings. The number of nitrogens with one attached hydrogen (secondary N) is 1. The van der Waals surface area contributed by atoms with Crippen molar-refractivity contribution in [1.82, 2.24) is 0 Å². The molecule has 0 spiro atoms. The third kappa shape index (κ3) is 5.51. The quantitative estimate of drug-likeness (QED) is 0.447. The van der Waals surface area contributed by atoms with E-state index < -0.39 is 0 Å². The van der Waals surface area contributed by atoms with Crippen molar-refractivity contribution < 1.29 is 19.1 Å². The predicted molar refractivity (Wildman–Crippen MR) is 121 cm³/mol. The lowest BCUT2D eigenvalue weighted by Gasteiger charge is -2.18. The van der Waals surface area contributed by atoms with E-state index in [1.807, 2.05) is 24.3 Å². The van der Waals surface area contributed by atoms with Crippen molar-refractivity contribution in [2.75, 3.05) is 18.5 Å². The summed E-state index contributed by atoms with van der Waals surface area (Å²) in [4.78, 5) is 26.3. The van der Waals surface area contributed by atoms with Gasteiger partial charge in [0.2, 0.25) is 5.91 Å². The van der Waals surface area contributed by atoms with Gasteiger partial charge in [-0.25, -0.2) is 4.79 Å². The number of rotatable bonds is 8. The van der Waals surface area contributed by atoms with Crippen molar-refractivity contribution >= 4 is 34.3 Å². The summed E-state index contributed by atoms with van der Waals surface area (Å²) in [5, 5.41) is 3.49. The molecule has 1 unspecified atom stereocenters. The summed E-state index contributed by atoms with van der Waals surface area (Å²) in [5.74, 6) is 0.778. The molecule has 0 bridgehead atoms. The van der Waals surface area contributed by atoms with Crippen LogP contribution < -0.4 is 10.1 Å². The van der Waals surface area contributed by atoms with E-state index >= 15 is 0 Å². The Hall–Kier alpha value is -2.60. The molecule has 0 aliphatic heterocycles. The van der Waals surface area contributed by atoms with Gasteiger partial charge in [0.1, 0.15) is 10.8 Å². The molecular weight excluding hydrogens is 398 g/mol. The van der Waals surface area contributed by atoms with Crippen LogP contribution in [-0.2, 0) is 22.4 Å². The molecule has 160 valence electrons. The van der Waals surface area contributed by atoms with Gasteiger partial charge in [-0.15, -0.1) is 11.3 Å². The lowest BCUT2D eigenvalue weighted by molar-refractivity contribution is -0.111. The van der Waals surface area contributed by atoms with Gasteiger partial charge in [0.15, 0.2) is 0 Å². The highest BCUT2D eigenvalue weighted by atomic mass is 32.1. The van der Waals surface area contributed by atoms with E-state index in [9.17, 15) is 9.59 Å². The molecule has 5 nitrogen and oxygen atoms in total. The summed E-state index contributed by atoms with van der Waals surface area (Å²) in [5.41, 5.74) is 2.47. The lowest BCUT2D eigenvalue weighted by Crippen LogP contribution is -2.15. The van der Waals surface area contributed by atoms with Gasteiger partial charge in [0.05, 0.1) is 18.8 Å². The Kier molecular flexibility index (Phi) is 7.69. The van der Waals surface area contributed by atoms with Gasteiger partial charge in [0, 0.05) is 11.0 Å². The number of carbonyl (C=O) groups is 2. The number of hydrogen-bond acceptors (Lipinski definition) is 5. The van der Waals surface area contributed by atoms with Gasteiger partial charge in [-0.3, -0.25) is 4.79 Å². The zero-order valence-electron chi connectivity index (χ0n) is 17.8.